The Morgan fingerprint density at radius 3 is 3.05 bits per heavy atom. The summed E-state index contributed by atoms with van der Waals surface area (Å²) in [6, 6.07) is 5.22. The normalized spacial score (nSPS) is 16.5. The van der Waals surface area contributed by atoms with Crippen molar-refractivity contribution in [3.8, 4) is 5.75 Å². The molecule has 0 spiro atoms. The molecular weight excluding hydrogens is 278 g/mol. The number of halogens is 1. The van der Waals surface area contributed by atoms with Crippen molar-refractivity contribution in [3.63, 3.8) is 0 Å². The van der Waals surface area contributed by atoms with Gasteiger partial charge in [-0.15, -0.1) is 0 Å². The lowest BCUT2D eigenvalue weighted by Crippen LogP contribution is -2.35. The summed E-state index contributed by atoms with van der Waals surface area (Å²) >= 11 is 6.03. The number of amides is 1. The van der Waals surface area contributed by atoms with Crippen LogP contribution in [-0.2, 0) is 4.79 Å². The molecule has 0 saturated carbocycles. The van der Waals surface area contributed by atoms with Gasteiger partial charge in [0, 0.05) is 18.8 Å². The van der Waals surface area contributed by atoms with Gasteiger partial charge < -0.3 is 15.4 Å². The van der Waals surface area contributed by atoms with E-state index >= 15 is 0 Å². The van der Waals surface area contributed by atoms with Gasteiger partial charge in [0.05, 0.1) is 18.7 Å². The van der Waals surface area contributed by atoms with Gasteiger partial charge in [-0.3, -0.25) is 9.69 Å². The third kappa shape index (κ3) is 4.37. The first-order valence-corrected chi connectivity index (χ1v) is 7.13. The first-order chi connectivity index (χ1) is 9.69. The maximum Gasteiger partial charge on any atom is 0.238 e. The zero-order valence-electron chi connectivity index (χ0n) is 11.6. The van der Waals surface area contributed by atoms with Crippen molar-refractivity contribution in [2.45, 2.75) is 6.42 Å². The Kier molecular flexibility index (Phi) is 5.64. The number of hydrogen-bond donors (Lipinski definition) is 2. The van der Waals surface area contributed by atoms with E-state index in [1.54, 1.807) is 25.3 Å². The number of methoxy groups -OCH3 is 1. The van der Waals surface area contributed by atoms with Gasteiger partial charge in [-0.25, -0.2) is 0 Å². The molecule has 1 saturated heterocycles. The first kappa shape index (κ1) is 15.1. The number of rotatable bonds is 4. The van der Waals surface area contributed by atoms with E-state index in [1.165, 1.54) is 0 Å². The number of carbonyl (C=O) groups excluding carboxylic acids is 1. The van der Waals surface area contributed by atoms with E-state index in [2.05, 4.69) is 15.5 Å². The second-order valence-electron chi connectivity index (χ2n) is 4.78. The fourth-order valence-corrected chi connectivity index (χ4v) is 2.47. The number of nitrogens with one attached hydrogen (secondary N) is 2. The van der Waals surface area contributed by atoms with Crippen LogP contribution in [0.25, 0.3) is 0 Å². The maximum absolute atomic E-state index is 12.0. The zero-order chi connectivity index (χ0) is 14.4. The molecule has 2 rings (SSSR count). The number of benzene rings is 1. The summed E-state index contributed by atoms with van der Waals surface area (Å²) in [5, 5.41) is 6.67. The lowest BCUT2D eigenvalue weighted by Gasteiger charge is -2.18. The molecule has 0 bridgehead atoms. The molecule has 0 unspecified atom stereocenters. The van der Waals surface area contributed by atoms with Crippen LogP contribution in [-0.4, -0.2) is 50.6 Å². The molecule has 2 N–H and O–H groups in total. The number of anilines is 1. The molecule has 1 aromatic carbocycles. The molecule has 110 valence electrons. The van der Waals surface area contributed by atoms with Crippen molar-refractivity contribution in [1.82, 2.24) is 10.2 Å². The molecule has 1 amide bonds. The lowest BCUT2D eigenvalue weighted by molar-refractivity contribution is -0.117. The van der Waals surface area contributed by atoms with Crippen molar-refractivity contribution in [1.29, 1.82) is 0 Å². The predicted octanol–water partition coefficient (Wildman–Crippen LogP) is 1.58. The van der Waals surface area contributed by atoms with Gasteiger partial charge in [-0.2, -0.15) is 0 Å². The molecule has 0 aromatic heterocycles. The van der Waals surface area contributed by atoms with E-state index in [9.17, 15) is 4.79 Å². The van der Waals surface area contributed by atoms with Gasteiger partial charge in [-0.05, 0) is 37.7 Å². The van der Waals surface area contributed by atoms with Crippen LogP contribution in [0.15, 0.2) is 18.2 Å². The summed E-state index contributed by atoms with van der Waals surface area (Å²) in [4.78, 5) is 14.2. The minimum Gasteiger partial charge on any atom is -0.495 e. The SMILES string of the molecule is COc1ccc(NC(=O)CN2CCCNCC2)cc1Cl. The van der Waals surface area contributed by atoms with E-state index in [0.29, 0.717) is 23.0 Å². The third-order valence-corrected chi connectivity index (χ3v) is 3.53. The van der Waals surface area contributed by atoms with Crippen LogP contribution in [0.2, 0.25) is 5.02 Å². The standard InChI is InChI=1S/C14H20ClN3O2/c1-20-13-4-3-11(9-12(13)15)17-14(19)10-18-7-2-5-16-6-8-18/h3-4,9,16H,2,5-8,10H2,1H3,(H,17,19). The highest BCUT2D eigenvalue weighted by Crippen LogP contribution is 2.27. The smallest absolute Gasteiger partial charge is 0.238 e. The Balaban J connectivity index is 1.88. The van der Waals surface area contributed by atoms with E-state index in [-0.39, 0.29) is 5.91 Å². The lowest BCUT2D eigenvalue weighted by atomic mass is 10.3. The minimum absolute atomic E-state index is 0.0202. The van der Waals surface area contributed by atoms with Crippen LogP contribution in [0.1, 0.15) is 6.42 Å². The van der Waals surface area contributed by atoms with Crippen molar-refractivity contribution >= 4 is 23.2 Å². The second kappa shape index (κ2) is 7.47. The Morgan fingerprint density at radius 1 is 1.45 bits per heavy atom. The highest BCUT2D eigenvalue weighted by Gasteiger charge is 2.13. The summed E-state index contributed by atoms with van der Waals surface area (Å²) < 4.78 is 5.08. The first-order valence-electron chi connectivity index (χ1n) is 6.75. The highest BCUT2D eigenvalue weighted by atomic mass is 35.5. The molecule has 0 radical (unpaired) electrons. The van der Waals surface area contributed by atoms with E-state index in [1.807, 2.05) is 0 Å². The Bertz CT molecular complexity index is 460. The molecule has 1 aliphatic heterocycles. The highest BCUT2D eigenvalue weighted by molar-refractivity contribution is 6.32. The summed E-state index contributed by atoms with van der Waals surface area (Å²) in [5.41, 5.74) is 0.689. The van der Waals surface area contributed by atoms with Crippen LogP contribution in [0.5, 0.6) is 5.75 Å². The van der Waals surface area contributed by atoms with Crippen LogP contribution < -0.4 is 15.4 Å². The van der Waals surface area contributed by atoms with Gasteiger partial charge in [0.25, 0.3) is 0 Å². The summed E-state index contributed by atoms with van der Waals surface area (Å²) in [6.07, 6.45) is 1.07. The van der Waals surface area contributed by atoms with Crippen LogP contribution in [0.4, 0.5) is 5.69 Å². The zero-order valence-corrected chi connectivity index (χ0v) is 12.4. The molecule has 1 aliphatic rings. The largest absolute Gasteiger partial charge is 0.495 e. The minimum atomic E-state index is -0.0202. The summed E-state index contributed by atoms with van der Waals surface area (Å²) in [7, 11) is 1.56. The average Bonchev–Trinajstić information content (AvgIpc) is 2.67. The van der Waals surface area contributed by atoms with Gasteiger partial charge in [0.1, 0.15) is 5.75 Å². The van der Waals surface area contributed by atoms with Gasteiger partial charge in [0.15, 0.2) is 0 Å². The second-order valence-corrected chi connectivity index (χ2v) is 5.18. The van der Waals surface area contributed by atoms with E-state index < -0.39 is 0 Å². The molecule has 1 fully saturated rings. The van der Waals surface area contributed by atoms with Crippen molar-refractivity contribution in [2.75, 3.05) is 45.2 Å². The fourth-order valence-electron chi connectivity index (χ4n) is 2.21. The number of carbonyl (C=O) groups is 1. The molecule has 0 aliphatic carbocycles. The molecule has 1 heterocycles. The summed E-state index contributed by atoms with van der Waals surface area (Å²) in [5.74, 6) is 0.580. The van der Waals surface area contributed by atoms with Crippen LogP contribution >= 0.6 is 11.6 Å². The number of hydrogen-bond acceptors (Lipinski definition) is 4. The maximum atomic E-state index is 12.0. The summed E-state index contributed by atoms with van der Waals surface area (Å²) in [6.45, 7) is 4.21. The van der Waals surface area contributed by atoms with Crippen molar-refractivity contribution in [3.05, 3.63) is 23.2 Å². The van der Waals surface area contributed by atoms with E-state index in [4.69, 9.17) is 16.3 Å². The van der Waals surface area contributed by atoms with Crippen molar-refractivity contribution < 1.29 is 9.53 Å². The quantitative estimate of drug-likeness (QED) is 0.886. The number of ether oxygens (including phenoxy) is 1. The van der Waals surface area contributed by atoms with Crippen LogP contribution in [0.3, 0.4) is 0 Å². The van der Waals surface area contributed by atoms with Crippen molar-refractivity contribution in [2.24, 2.45) is 0 Å². The Hall–Kier alpha value is -1.30. The molecule has 20 heavy (non-hydrogen) atoms. The monoisotopic (exact) mass is 297 g/mol. The third-order valence-electron chi connectivity index (χ3n) is 3.24. The predicted molar refractivity (Wildman–Crippen MR) is 80.6 cm³/mol. The molecule has 6 heteroatoms. The van der Waals surface area contributed by atoms with Crippen LogP contribution in [0, 0.1) is 0 Å². The Morgan fingerprint density at radius 2 is 2.30 bits per heavy atom. The fraction of sp³-hybridized carbons (Fsp3) is 0.500. The topological polar surface area (TPSA) is 53.6 Å². The molecular formula is C14H20ClN3O2. The molecule has 5 nitrogen and oxygen atoms in total. The Labute approximate surface area is 124 Å². The van der Waals surface area contributed by atoms with Gasteiger partial charge >= 0.3 is 0 Å². The van der Waals surface area contributed by atoms with E-state index in [0.717, 1.165) is 32.6 Å². The van der Waals surface area contributed by atoms with Gasteiger partial charge in [-0.1, -0.05) is 11.6 Å². The van der Waals surface area contributed by atoms with Gasteiger partial charge in [0.2, 0.25) is 5.91 Å². The number of nitrogens with zero attached hydrogens (tertiary/aromatic N) is 1. The average molecular weight is 298 g/mol. The molecule has 0 atom stereocenters. The molecule has 1 aromatic rings.